The van der Waals surface area contributed by atoms with Crippen molar-refractivity contribution in [1.29, 1.82) is 0 Å². The SMILES string of the molecule is CCN1CCN(Cc2nc3cc(NC(=O)COc4ccc(Cl)cc4)ccc3n2C(C)C)CC1. The van der Waals surface area contributed by atoms with Crippen molar-refractivity contribution in [2.24, 2.45) is 0 Å². The van der Waals surface area contributed by atoms with Crippen molar-refractivity contribution in [2.45, 2.75) is 33.4 Å². The van der Waals surface area contributed by atoms with Gasteiger partial charge in [-0.2, -0.15) is 0 Å². The molecule has 4 rings (SSSR count). The highest BCUT2D eigenvalue weighted by Gasteiger charge is 2.20. The highest BCUT2D eigenvalue weighted by molar-refractivity contribution is 6.30. The molecule has 1 N–H and O–H groups in total. The van der Waals surface area contributed by atoms with Crippen molar-refractivity contribution in [1.82, 2.24) is 19.4 Å². The van der Waals surface area contributed by atoms with Gasteiger partial charge in [0.25, 0.3) is 5.91 Å². The topological polar surface area (TPSA) is 62.6 Å². The Morgan fingerprint density at radius 2 is 1.79 bits per heavy atom. The zero-order valence-corrected chi connectivity index (χ0v) is 20.3. The van der Waals surface area contributed by atoms with Crippen LogP contribution in [0.2, 0.25) is 5.02 Å². The van der Waals surface area contributed by atoms with Gasteiger partial charge >= 0.3 is 0 Å². The average molecular weight is 470 g/mol. The smallest absolute Gasteiger partial charge is 0.262 e. The maximum Gasteiger partial charge on any atom is 0.262 e. The normalized spacial score (nSPS) is 15.3. The van der Waals surface area contributed by atoms with Crippen LogP contribution in [-0.4, -0.2) is 64.6 Å². The Bertz CT molecular complexity index is 1090. The Morgan fingerprint density at radius 3 is 2.45 bits per heavy atom. The summed E-state index contributed by atoms with van der Waals surface area (Å²) in [4.78, 5) is 22.3. The third kappa shape index (κ3) is 5.85. The van der Waals surface area contributed by atoms with Gasteiger partial charge in [-0.1, -0.05) is 18.5 Å². The lowest BCUT2D eigenvalue weighted by atomic mass is 10.2. The first kappa shape index (κ1) is 23.5. The number of ether oxygens (including phenoxy) is 1. The number of amides is 1. The minimum Gasteiger partial charge on any atom is -0.484 e. The van der Waals surface area contributed by atoms with Crippen LogP contribution in [-0.2, 0) is 11.3 Å². The molecule has 8 heteroatoms. The van der Waals surface area contributed by atoms with Gasteiger partial charge in [0.05, 0.1) is 17.6 Å². The van der Waals surface area contributed by atoms with E-state index in [1.807, 2.05) is 18.2 Å². The molecular formula is C25H32ClN5O2. The molecule has 1 aromatic heterocycles. The molecule has 0 radical (unpaired) electrons. The number of likely N-dealkylation sites (N-methyl/N-ethyl adjacent to an activating group) is 1. The molecule has 176 valence electrons. The van der Waals surface area contributed by atoms with E-state index in [-0.39, 0.29) is 12.5 Å². The zero-order valence-electron chi connectivity index (χ0n) is 19.6. The monoisotopic (exact) mass is 469 g/mol. The van der Waals surface area contributed by atoms with E-state index < -0.39 is 0 Å². The molecule has 0 saturated carbocycles. The molecule has 0 aliphatic carbocycles. The summed E-state index contributed by atoms with van der Waals surface area (Å²) in [6, 6.07) is 13.1. The van der Waals surface area contributed by atoms with E-state index in [2.05, 4.69) is 40.5 Å². The minimum atomic E-state index is -0.221. The molecule has 0 atom stereocenters. The number of benzene rings is 2. The molecule has 1 amide bonds. The third-order valence-corrected chi connectivity index (χ3v) is 6.28. The van der Waals surface area contributed by atoms with Gasteiger partial charge in [0.15, 0.2) is 6.61 Å². The fourth-order valence-electron chi connectivity index (χ4n) is 4.25. The van der Waals surface area contributed by atoms with E-state index in [9.17, 15) is 4.79 Å². The molecule has 3 aromatic rings. The molecule has 7 nitrogen and oxygen atoms in total. The zero-order chi connectivity index (χ0) is 23.4. The van der Waals surface area contributed by atoms with Crippen LogP contribution in [0.1, 0.15) is 32.6 Å². The van der Waals surface area contributed by atoms with Gasteiger partial charge < -0.3 is 19.5 Å². The summed E-state index contributed by atoms with van der Waals surface area (Å²) in [5, 5.41) is 3.54. The number of piperazine rings is 1. The van der Waals surface area contributed by atoms with Gasteiger partial charge in [0.1, 0.15) is 11.6 Å². The summed E-state index contributed by atoms with van der Waals surface area (Å²) in [7, 11) is 0. The van der Waals surface area contributed by atoms with Crippen molar-refractivity contribution in [2.75, 3.05) is 44.6 Å². The Hall–Kier alpha value is -2.61. The molecule has 1 aliphatic rings. The summed E-state index contributed by atoms with van der Waals surface area (Å²) >= 11 is 5.88. The van der Waals surface area contributed by atoms with Crippen LogP contribution in [0.25, 0.3) is 11.0 Å². The van der Waals surface area contributed by atoms with Gasteiger partial charge in [-0.05, 0) is 62.9 Å². The predicted molar refractivity (Wildman–Crippen MR) is 133 cm³/mol. The van der Waals surface area contributed by atoms with Crippen molar-refractivity contribution >= 4 is 34.2 Å². The van der Waals surface area contributed by atoms with Crippen LogP contribution in [0.4, 0.5) is 5.69 Å². The van der Waals surface area contributed by atoms with E-state index in [0.29, 0.717) is 22.5 Å². The first-order valence-electron chi connectivity index (χ1n) is 11.6. The largest absolute Gasteiger partial charge is 0.484 e. The van der Waals surface area contributed by atoms with Crippen LogP contribution in [0, 0.1) is 0 Å². The van der Waals surface area contributed by atoms with E-state index in [1.165, 1.54) is 0 Å². The predicted octanol–water partition coefficient (Wildman–Crippen LogP) is 4.43. The van der Waals surface area contributed by atoms with E-state index in [4.69, 9.17) is 21.3 Å². The number of nitrogens with zero attached hydrogens (tertiary/aromatic N) is 4. The van der Waals surface area contributed by atoms with Crippen LogP contribution < -0.4 is 10.1 Å². The van der Waals surface area contributed by atoms with Gasteiger partial charge in [0, 0.05) is 42.9 Å². The van der Waals surface area contributed by atoms with Crippen LogP contribution in [0.15, 0.2) is 42.5 Å². The van der Waals surface area contributed by atoms with Crippen LogP contribution in [0.3, 0.4) is 0 Å². The number of carbonyl (C=O) groups is 1. The van der Waals surface area contributed by atoms with Crippen molar-refractivity contribution < 1.29 is 9.53 Å². The van der Waals surface area contributed by atoms with E-state index in [1.54, 1.807) is 24.3 Å². The van der Waals surface area contributed by atoms with Gasteiger partial charge in [-0.15, -0.1) is 0 Å². The number of rotatable bonds is 8. The van der Waals surface area contributed by atoms with Gasteiger partial charge in [0.2, 0.25) is 0 Å². The minimum absolute atomic E-state index is 0.0743. The molecule has 0 unspecified atom stereocenters. The highest BCUT2D eigenvalue weighted by Crippen LogP contribution is 2.25. The molecule has 2 aromatic carbocycles. The lowest BCUT2D eigenvalue weighted by Crippen LogP contribution is -2.45. The maximum atomic E-state index is 12.4. The number of nitrogens with one attached hydrogen (secondary N) is 1. The number of aromatic nitrogens is 2. The third-order valence-electron chi connectivity index (χ3n) is 6.02. The highest BCUT2D eigenvalue weighted by atomic mass is 35.5. The first-order chi connectivity index (χ1) is 15.9. The van der Waals surface area contributed by atoms with Crippen LogP contribution >= 0.6 is 11.6 Å². The number of hydrogen-bond donors (Lipinski definition) is 1. The molecule has 1 saturated heterocycles. The van der Waals surface area contributed by atoms with E-state index in [0.717, 1.165) is 56.1 Å². The summed E-state index contributed by atoms with van der Waals surface area (Å²) in [6.07, 6.45) is 0. The Kier molecular flexibility index (Phi) is 7.53. The molecule has 0 bridgehead atoms. The number of carbonyl (C=O) groups excluding carboxylic acids is 1. The number of hydrogen-bond acceptors (Lipinski definition) is 5. The number of imidazole rings is 1. The number of anilines is 1. The Labute approximate surface area is 200 Å². The van der Waals surface area contributed by atoms with Crippen LogP contribution in [0.5, 0.6) is 5.75 Å². The maximum absolute atomic E-state index is 12.4. The van der Waals surface area contributed by atoms with E-state index >= 15 is 0 Å². The Morgan fingerprint density at radius 1 is 1.09 bits per heavy atom. The quantitative estimate of drug-likeness (QED) is 0.529. The molecular weight excluding hydrogens is 438 g/mol. The molecule has 1 aliphatic heterocycles. The van der Waals surface area contributed by atoms with Gasteiger partial charge in [-0.3, -0.25) is 9.69 Å². The molecule has 33 heavy (non-hydrogen) atoms. The van der Waals surface area contributed by atoms with Gasteiger partial charge in [-0.25, -0.2) is 4.98 Å². The second-order valence-corrected chi connectivity index (χ2v) is 9.13. The average Bonchev–Trinajstić information content (AvgIpc) is 3.16. The molecule has 0 spiro atoms. The fraction of sp³-hybridized carbons (Fsp3) is 0.440. The molecule has 1 fully saturated rings. The summed E-state index contributed by atoms with van der Waals surface area (Å²) in [5.41, 5.74) is 2.69. The van der Waals surface area contributed by atoms with Crippen molar-refractivity contribution in [3.8, 4) is 5.75 Å². The lowest BCUT2D eigenvalue weighted by molar-refractivity contribution is -0.118. The Balaban J connectivity index is 1.44. The standard InChI is InChI=1S/C25H32ClN5O2/c1-4-29-11-13-30(14-12-29)16-24-28-22-15-20(7-10-23(22)31(24)18(2)3)27-25(32)17-33-21-8-5-19(26)6-9-21/h5-10,15,18H,4,11-14,16-17H2,1-3H3,(H,27,32). The fourth-order valence-corrected chi connectivity index (χ4v) is 4.38. The lowest BCUT2D eigenvalue weighted by Gasteiger charge is -2.34. The number of fused-ring (bicyclic) bond motifs is 1. The van der Waals surface area contributed by atoms with Crippen molar-refractivity contribution in [3.05, 3.63) is 53.3 Å². The summed E-state index contributed by atoms with van der Waals surface area (Å²) in [5.74, 6) is 1.45. The number of halogens is 1. The second-order valence-electron chi connectivity index (χ2n) is 8.70. The first-order valence-corrected chi connectivity index (χ1v) is 11.9. The molecule has 2 heterocycles. The van der Waals surface area contributed by atoms with Crippen molar-refractivity contribution in [3.63, 3.8) is 0 Å². The second kappa shape index (κ2) is 10.5. The summed E-state index contributed by atoms with van der Waals surface area (Å²) in [6.45, 7) is 12.8. The summed E-state index contributed by atoms with van der Waals surface area (Å²) < 4.78 is 7.84.